The molecule has 0 atom stereocenters. The minimum absolute atomic E-state index is 0.0832. The number of carbonyl (C=O) groups excluding carboxylic acids is 1. The second-order valence-corrected chi connectivity index (χ2v) is 5.43. The zero-order valence-corrected chi connectivity index (χ0v) is 12.7. The van der Waals surface area contributed by atoms with Crippen LogP contribution in [-0.2, 0) is 11.2 Å². The monoisotopic (exact) mass is 315 g/mol. The standard InChI is InChI=1S/C16H14ClN3O2/c1-19(13-3-5-14(21)6-4-13)16(22)8-12-10-20-9-11(17)2-7-15(20)18-12/h2-7,9-10,21H,8H2,1H3. The summed E-state index contributed by atoms with van der Waals surface area (Å²) >= 11 is 5.93. The van der Waals surface area contributed by atoms with Crippen molar-refractivity contribution in [2.75, 3.05) is 11.9 Å². The first kappa shape index (κ1) is 14.4. The minimum Gasteiger partial charge on any atom is -0.508 e. The van der Waals surface area contributed by atoms with E-state index in [2.05, 4.69) is 4.98 Å². The van der Waals surface area contributed by atoms with E-state index in [9.17, 15) is 9.90 Å². The predicted molar refractivity (Wildman–Crippen MR) is 85.4 cm³/mol. The summed E-state index contributed by atoms with van der Waals surface area (Å²) in [5.74, 6) is 0.0852. The number of nitrogens with zero attached hydrogens (tertiary/aromatic N) is 3. The second-order valence-electron chi connectivity index (χ2n) is 4.99. The molecule has 0 unspecified atom stereocenters. The number of phenols is 1. The van der Waals surface area contributed by atoms with Crippen LogP contribution in [0.3, 0.4) is 0 Å². The number of anilines is 1. The summed E-state index contributed by atoms with van der Waals surface area (Å²) in [6.07, 6.45) is 3.74. The van der Waals surface area contributed by atoms with Crippen molar-refractivity contribution in [1.29, 1.82) is 0 Å². The van der Waals surface area contributed by atoms with Gasteiger partial charge in [-0.05, 0) is 36.4 Å². The molecule has 3 aromatic rings. The summed E-state index contributed by atoms with van der Waals surface area (Å²) in [5, 5.41) is 9.90. The number of halogens is 1. The van der Waals surface area contributed by atoms with Crippen molar-refractivity contribution in [2.45, 2.75) is 6.42 Å². The van der Waals surface area contributed by atoms with Crippen molar-refractivity contribution >= 4 is 28.8 Å². The number of pyridine rings is 1. The molecule has 5 nitrogen and oxygen atoms in total. The Labute approximate surface area is 132 Å². The van der Waals surface area contributed by atoms with Crippen molar-refractivity contribution in [2.24, 2.45) is 0 Å². The van der Waals surface area contributed by atoms with E-state index >= 15 is 0 Å². The van der Waals surface area contributed by atoms with Gasteiger partial charge < -0.3 is 14.4 Å². The highest BCUT2D eigenvalue weighted by Crippen LogP contribution is 2.18. The van der Waals surface area contributed by atoms with Crippen LogP contribution in [0.15, 0.2) is 48.8 Å². The van der Waals surface area contributed by atoms with Gasteiger partial charge in [0.25, 0.3) is 0 Å². The molecular weight excluding hydrogens is 302 g/mol. The molecule has 0 saturated heterocycles. The summed E-state index contributed by atoms with van der Waals surface area (Å²) in [5.41, 5.74) is 2.15. The highest BCUT2D eigenvalue weighted by molar-refractivity contribution is 6.30. The van der Waals surface area contributed by atoms with E-state index < -0.39 is 0 Å². The average Bonchev–Trinajstić information content (AvgIpc) is 2.88. The average molecular weight is 316 g/mol. The van der Waals surface area contributed by atoms with Crippen LogP contribution >= 0.6 is 11.6 Å². The van der Waals surface area contributed by atoms with Crippen molar-refractivity contribution < 1.29 is 9.90 Å². The highest BCUT2D eigenvalue weighted by atomic mass is 35.5. The van der Waals surface area contributed by atoms with E-state index in [4.69, 9.17) is 11.6 Å². The van der Waals surface area contributed by atoms with Crippen LogP contribution in [0.4, 0.5) is 5.69 Å². The number of fused-ring (bicyclic) bond motifs is 1. The minimum atomic E-state index is -0.0832. The lowest BCUT2D eigenvalue weighted by Crippen LogP contribution is -2.27. The Hall–Kier alpha value is -2.53. The predicted octanol–water partition coefficient (Wildman–Crippen LogP) is 2.90. The lowest BCUT2D eigenvalue weighted by molar-refractivity contribution is -0.117. The molecule has 0 fully saturated rings. The van der Waals surface area contributed by atoms with Crippen LogP contribution < -0.4 is 4.90 Å². The maximum absolute atomic E-state index is 12.3. The van der Waals surface area contributed by atoms with Gasteiger partial charge in [-0.25, -0.2) is 4.98 Å². The van der Waals surface area contributed by atoms with E-state index in [1.165, 1.54) is 4.90 Å². The van der Waals surface area contributed by atoms with E-state index in [-0.39, 0.29) is 18.1 Å². The van der Waals surface area contributed by atoms with Crippen LogP contribution in [0.5, 0.6) is 5.75 Å². The number of hydrogen-bond donors (Lipinski definition) is 1. The smallest absolute Gasteiger partial charge is 0.232 e. The molecule has 2 heterocycles. The first-order valence-electron chi connectivity index (χ1n) is 6.71. The van der Waals surface area contributed by atoms with Gasteiger partial charge in [0.1, 0.15) is 11.4 Å². The van der Waals surface area contributed by atoms with Gasteiger partial charge in [0.15, 0.2) is 0 Å². The Kier molecular flexibility index (Phi) is 3.73. The van der Waals surface area contributed by atoms with Crippen molar-refractivity contribution in [3.63, 3.8) is 0 Å². The van der Waals surface area contributed by atoms with E-state index in [0.717, 1.165) is 11.3 Å². The molecule has 0 bridgehead atoms. The molecule has 2 aromatic heterocycles. The topological polar surface area (TPSA) is 57.8 Å². The lowest BCUT2D eigenvalue weighted by Gasteiger charge is -2.16. The SMILES string of the molecule is CN(C(=O)Cc1cn2cc(Cl)ccc2n1)c1ccc(O)cc1. The van der Waals surface area contributed by atoms with Crippen LogP contribution in [-0.4, -0.2) is 27.4 Å². The van der Waals surface area contributed by atoms with Crippen molar-refractivity contribution in [1.82, 2.24) is 9.38 Å². The van der Waals surface area contributed by atoms with Crippen molar-refractivity contribution in [3.05, 3.63) is 59.5 Å². The number of aromatic hydroxyl groups is 1. The van der Waals surface area contributed by atoms with E-state index in [0.29, 0.717) is 10.7 Å². The normalized spacial score (nSPS) is 10.8. The third-order valence-electron chi connectivity index (χ3n) is 3.41. The molecule has 22 heavy (non-hydrogen) atoms. The molecule has 6 heteroatoms. The molecule has 1 amide bonds. The van der Waals surface area contributed by atoms with Crippen LogP contribution in [0.2, 0.25) is 5.02 Å². The summed E-state index contributed by atoms with van der Waals surface area (Å²) in [4.78, 5) is 18.3. The molecule has 3 rings (SSSR count). The van der Waals surface area contributed by atoms with Gasteiger partial charge in [0.05, 0.1) is 17.1 Å². The van der Waals surface area contributed by atoms with Gasteiger partial charge in [0, 0.05) is 25.1 Å². The van der Waals surface area contributed by atoms with Gasteiger partial charge in [-0.15, -0.1) is 0 Å². The third kappa shape index (κ3) is 2.89. The van der Waals surface area contributed by atoms with Gasteiger partial charge in [-0.3, -0.25) is 4.79 Å². The Balaban J connectivity index is 1.78. The summed E-state index contributed by atoms with van der Waals surface area (Å²) in [6.45, 7) is 0. The second kappa shape index (κ2) is 5.69. The Morgan fingerprint density at radius 1 is 1.23 bits per heavy atom. The molecule has 0 aliphatic carbocycles. The zero-order chi connectivity index (χ0) is 15.7. The Morgan fingerprint density at radius 3 is 2.68 bits per heavy atom. The van der Waals surface area contributed by atoms with Gasteiger partial charge >= 0.3 is 0 Å². The zero-order valence-electron chi connectivity index (χ0n) is 11.9. The number of benzene rings is 1. The largest absolute Gasteiger partial charge is 0.508 e. The summed E-state index contributed by atoms with van der Waals surface area (Å²) < 4.78 is 1.80. The number of aromatic nitrogens is 2. The van der Waals surface area contributed by atoms with Crippen LogP contribution in [0.25, 0.3) is 5.65 Å². The number of likely N-dealkylation sites (N-methyl/N-ethyl adjacent to an activating group) is 1. The molecule has 112 valence electrons. The maximum Gasteiger partial charge on any atom is 0.232 e. The number of rotatable bonds is 3. The maximum atomic E-state index is 12.3. The summed E-state index contributed by atoms with van der Waals surface area (Å²) in [7, 11) is 1.70. The highest BCUT2D eigenvalue weighted by Gasteiger charge is 2.14. The van der Waals surface area contributed by atoms with Crippen LogP contribution in [0, 0.1) is 0 Å². The first-order valence-corrected chi connectivity index (χ1v) is 7.09. The Morgan fingerprint density at radius 2 is 1.95 bits per heavy atom. The molecular formula is C16H14ClN3O2. The quantitative estimate of drug-likeness (QED) is 0.808. The molecule has 0 aliphatic rings. The first-order chi connectivity index (χ1) is 10.5. The fourth-order valence-electron chi connectivity index (χ4n) is 2.20. The number of phenolic OH excluding ortho intramolecular Hbond substituents is 1. The van der Waals surface area contributed by atoms with Gasteiger partial charge in [0.2, 0.25) is 5.91 Å². The molecule has 0 radical (unpaired) electrons. The van der Waals surface area contributed by atoms with E-state index in [1.54, 1.807) is 60.2 Å². The summed E-state index contributed by atoms with van der Waals surface area (Å²) in [6, 6.07) is 10.0. The van der Waals surface area contributed by atoms with E-state index in [1.807, 2.05) is 0 Å². The lowest BCUT2D eigenvalue weighted by atomic mass is 10.2. The molecule has 0 spiro atoms. The van der Waals surface area contributed by atoms with Gasteiger partial charge in [-0.1, -0.05) is 11.6 Å². The fourth-order valence-corrected chi connectivity index (χ4v) is 2.36. The molecule has 1 aromatic carbocycles. The molecule has 1 N–H and O–H groups in total. The number of amides is 1. The number of carbonyl (C=O) groups is 1. The number of hydrogen-bond acceptors (Lipinski definition) is 3. The van der Waals surface area contributed by atoms with Crippen LogP contribution in [0.1, 0.15) is 5.69 Å². The molecule has 0 aliphatic heterocycles. The number of imidazole rings is 1. The molecule has 0 saturated carbocycles. The third-order valence-corrected chi connectivity index (χ3v) is 3.63. The fraction of sp³-hybridized carbons (Fsp3) is 0.125. The Bertz CT molecular complexity index is 827. The van der Waals surface area contributed by atoms with Gasteiger partial charge in [-0.2, -0.15) is 0 Å². The van der Waals surface area contributed by atoms with Crippen molar-refractivity contribution in [3.8, 4) is 5.75 Å².